The highest BCUT2D eigenvalue weighted by atomic mass is 15.2. The molecule has 2 aliphatic rings. The van der Waals surface area contributed by atoms with Crippen molar-refractivity contribution < 1.29 is 0 Å². The Kier molecular flexibility index (Phi) is 3.34. The van der Waals surface area contributed by atoms with Gasteiger partial charge in [-0.2, -0.15) is 5.26 Å². The van der Waals surface area contributed by atoms with E-state index >= 15 is 0 Å². The third kappa shape index (κ3) is 2.28. The van der Waals surface area contributed by atoms with Gasteiger partial charge < -0.3 is 0 Å². The Morgan fingerprint density at radius 1 is 1.22 bits per heavy atom. The van der Waals surface area contributed by atoms with Gasteiger partial charge in [0.2, 0.25) is 0 Å². The van der Waals surface area contributed by atoms with Crippen LogP contribution in [0.3, 0.4) is 0 Å². The van der Waals surface area contributed by atoms with Crippen LogP contribution in [0.25, 0.3) is 0 Å². The highest BCUT2D eigenvalue weighted by Crippen LogP contribution is 2.37. The normalized spacial score (nSPS) is 27.7. The number of rotatable bonds is 2. The van der Waals surface area contributed by atoms with Gasteiger partial charge >= 0.3 is 0 Å². The Morgan fingerprint density at radius 2 is 2.11 bits per heavy atom. The minimum Gasteiger partial charge on any atom is -0.296 e. The first-order valence-electron chi connectivity index (χ1n) is 7.10. The molecule has 3 rings (SSSR count). The average Bonchev–Trinajstić information content (AvgIpc) is 2.88. The molecule has 1 saturated carbocycles. The van der Waals surface area contributed by atoms with E-state index in [2.05, 4.69) is 17.0 Å². The molecule has 1 aliphatic heterocycles. The van der Waals surface area contributed by atoms with Crippen LogP contribution in [0.15, 0.2) is 24.3 Å². The smallest absolute Gasteiger partial charge is 0.0991 e. The Morgan fingerprint density at radius 3 is 3.00 bits per heavy atom. The van der Waals surface area contributed by atoms with Crippen molar-refractivity contribution in [2.45, 2.75) is 44.7 Å². The van der Waals surface area contributed by atoms with Crippen LogP contribution in [-0.2, 0) is 6.54 Å². The molecule has 0 bridgehead atoms. The third-order valence-corrected chi connectivity index (χ3v) is 4.55. The standard InChI is InChI=1S/C16H20N2/c17-11-13-4-1-5-14(10-13)12-18-9-3-7-15-6-2-8-16(15)18/h1,4-5,10,15-16H,2-3,6-9,12H2. The number of nitrogens with zero attached hydrogens (tertiary/aromatic N) is 2. The number of likely N-dealkylation sites (tertiary alicyclic amines) is 1. The summed E-state index contributed by atoms with van der Waals surface area (Å²) in [5.41, 5.74) is 2.08. The summed E-state index contributed by atoms with van der Waals surface area (Å²) >= 11 is 0. The molecule has 1 aliphatic carbocycles. The lowest BCUT2D eigenvalue weighted by Gasteiger charge is -2.37. The maximum absolute atomic E-state index is 8.95. The van der Waals surface area contributed by atoms with Crippen LogP contribution in [0.4, 0.5) is 0 Å². The van der Waals surface area contributed by atoms with Crippen LogP contribution in [0, 0.1) is 17.2 Å². The van der Waals surface area contributed by atoms with E-state index in [0.717, 1.165) is 24.1 Å². The Labute approximate surface area is 109 Å². The second-order valence-electron chi connectivity index (χ2n) is 5.68. The summed E-state index contributed by atoms with van der Waals surface area (Å²) in [5.74, 6) is 0.942. The van der Waals surface area contributed by atoms with Crippen molar-refractivity contribution in [3.63, 3.8) is 0 Å². The zero-order valence-electron chi connectivity index (χ0n) is 10.8. The van der Waals surface area contributed by atoms with Crippen molar-refractivity contribution in [1.82, 2.24) is 4.90 Å². The van der Waals surface area contributed by atoms with Gasteiger partial charge in [-0.15, -0.1) is 0 Å². The number of hydrogen-bond donors (Lipinski definition) is 0. The summed E-state index contributed by atoms with van der Waals surface area (Å²) in [5, 5.41) is 8.95. The quantitative estimate of drug-likeness (QED) is 0.793. The molecule has 1 aromatic rings. The first kappa shape index (κ1) is 11.7. The van der Waals surface area contributed by atoms with Gasteiger partial charge in [0.25, 0.3) is 0 Å². The van der Waals surface area contributed by atoms with Crippen molar-refractivity contribution in [2.75, 3.05) is 6.54 Å². The van der Waals surface area contributed by atoms with Crippen molar-refractivity contribution in [3.8, 4) is 6.07 Å². The van der Waals surface area contributed by atoms with E-state index in [4.69, 9.17) is 5.26 Å². The van der Waals surface area contributed by atoms with Crippen LogP contribution in [-0.4, -0.2) is 17.5 Å². The van der Waals surface area contributed by atoms with Gasteiger partial charge in [0.1, 0.15) is 0 Å². The van der Waals surface area contributed by atoms with Gasteiger partial charge in [0, 0.05) is 12.6 Å². The largest absolute Gasteiger partial charge is 0.296 e. The fraction of sp³-hybridized carbons (Fsp3) is 0.562. The molecule has 0 aromatic heterocycles. The van der Waals surface area contributed by atoms with Crippen LogP contribution in [0.5, 0.6) is 0 Å². The molecule has 2 atom stereocenters. The highest BCUT2D eigenvalue weighted by molar-refractivity contribution is 5.32. The number of piperidine rings is 1. The lowest BCUT2D eigenvalue weighted by molar-refractivity contribution is 0.106. The van der Waals surface area contributed by atoms with Gasteiger partial charge in [-0.3, -0.25) is 4.90 Å². The molecule has 18 heavy (non-hydrogen) atoms. The van der Waals surface area contributed by atoms with E-state index in [0.29, 0.717) is 0 Å². The van der Waals surface area contributed by atoms with Crippen molar-refractivity contribution in [2.24, 2.45) is 5.92 Å². The molecule has 2 heteroatoms. The number of fused-ring (bicyclic) bond motifs is 1. The van der Waals surface area contributed by atoms with E-state index in [1.165, 1.54) is 44.2 Å². The molecule has 1 saturated heterocycles. The van der Waals surface area contributed by atoms with E-state index in [-0.39, 0.29) is 0 Å². The molecular formula is C16H20N2. The predicted molar refractivity (Wildman–Crippen MR) is 71.9 cm³/mol. The van der Waals surface area contributed by atoms with E-state index in [1.807, 2.05) is 18.2 Å². The molecule has 0 N–H and O–H groups in total. The molecule has 0 spiro atoms. The van der Waals surface area contributed by atoms with E-state index in [9.17, 15) is 0 Å². The van der Waals surface area contributed by atoms with Gasteiger partial charge in [-0.1, -0.05) is 18.6 Å². The third-order valence-electron chi connectivity index (χ3n) is 4.55. The van der Waals surface area contributed by atoms with Crippen molar-refractivity contribution >= 4 is 0 Å². The summed E-state index contributed by atoms with van der Waals surface area (Å²) in [6.07, 6.45) is 6.99. The Hall–Kier alpha value is -1.33. The Balaban J connectivity index is 1.73. The fourth-order valence-corrected chi connectivity index (χ4v) is 3.73. The molecule has 1 aromatic carbocycles. The molecule has 2 unspecified atom stereocenters. The molecule has 2 nitrogen and oxygen atoms in total. The van der Waals surface area contributed by atoms with Crippen molar-refractivity contribution in [3.05, 3.63) is 35.4 Å². The fourth-order valence-electron chi connectivity index (χ4n) is 3.73. The van der Waals surface area contributed by atoms with Gasteiger partial charge in [0.05, 0.1) is 11.6 Å². The zero-order valence-corrected chi connectivity index (χ0v) is 10.8. The maximum Gasteiger partial charge on any atom is 0.0991 e. The molecule has 0 amide bonds. The first-order chi connectivity index (χ1) is 8.86. The van der Waals surface area contributed by atoms with Crippen LogP contribution < -0.4 is 0 Å². The van der Waals surface area contributed by atoms with Crippen LogP contribution >= 0.6 is 0 Å². The highest BCUT2D eigenvalue weighted by Gasteiger charge is 2.34. The van der Waals surface area contributed by atoms with Gasteiger partial charge in [-0.05, 0) is 55.8 Å². The van der Waals surface area contributed by atoms with E-state index in [1.54, 1.807) is 0 Å². The SMILES string of the molecule is N#Cc1cccc(CN2CCCC3CCCC32)c1. The van der Waals surface area contributed by atoms with Gasteiger partial charge in [0.15, 0.2) is 0 Å². The second kappa shape index (κ2) is 5.12. The van der Waals surface area contributed by atoms with Crippen LogP contribution in [0.1, 0.15) is 43.2 Å². The second-order valence-corrected chi connectivity index (χ2v) is 5.68. The summed E-state index contributed by atoms with van der Waals surface area (Å²) in [4.78, 5) is 2.65. The maximum atomic E-state index is 8.95. The summed E-state index contributed by atoms with van der Waals surface area (Å²) in [6.45, 7) is 2.26. The minimum atomic E-state index is 0.785. The average molecular weight is 240 g/mol. The Bertz CT molecular complexity index is 460. The lowest BCUT2D eigenvalue weighted by atomic mass is 9.91. The number of hydrogen-bond acceptors (Lipinski definition) is 2. The molecule has 1 heterocycles. The van der Waals surface area contributed by atoms with E-state index < -0.39 is 0 Å². The molecule has 0 radical (unpaired) electrons. The van der Waals surface area contributed by atoms with Crippen LogP contribution in [0.2, 0.25) is 0 Å². The predicted octanol–water partition coefficient (Wildman–Crippen LogP) is 3.32. The zero-order chi connectivity index (χ0) is 12.4. The molecule has 2 fully saturated rings. The number of benzene rings is 1. The summed E-state index contributed by atoms with van der Waals surface area (Å²) < 4.78 is 0. The topological polar surface area (TPSA) is 27.0 Å². The lowest BCUT2D eigenvalue weighted by Crippen LogP contribution is -2.41. The minimum absolute atomic E-state index is 0.785. The molecular weight excluding hydrogens is 220 g/mol. The first-order valence-corrected chi connectivity index (χ1v) is 7.10. The van der Waals surface area contributed by atoms with Crippen molar-refractivity contribution in [1.29, 1.82) is 5.26 Å². The molecule has 94 valence electrons. The summed E-state index contributed by atoms with van der Waals surface area (Å²) in [7, 11) is 0. The van der Waals surface area contributed by atoms with Gasteiger partial charge in [-0.25, -0.2) is 0 Å². The number of nitriles is 1. The monoisotopic (exact) mass is 240 g/mol. The summed E-state index contributed by atoms with van der Waals surface area (Å²) in [6, 6.07) is 11.1.